The number of carbonyl (C=O) groups is 2. The van der Waals surface area contributed by atoms with Crippen molar-refractivity contribution in [3.05, 3.63) is 60.2 Å². The lowest BCUT2D eigenvalue weighted by Crippen LogP contribution is -2.32. The van der Waals surface area contributed by atoms with E-state index < -0.39 is 6.10 Å². The number of esters is 1. The van der Waals surface area contributed by atoms with E-state index in [1.807, 2.05) is 35.3 Å². The molecule has 1 saturated heterocycles. The molecule has 0 aliphatic carbocycles. The van der Waals surface area contributed by atoms with Gasteiger partial charge in [-0.3, -0.25) is 9.59 Å². The minimum absolute atomic E-state index is 0.0437. The number of benzene rings is 1. The van der Waals surface area contributed by atoms with Crippen molar-refractivity contribution in [2.75, 3.05) is 13.7 Å². The lowest BCUT2D eigenvalue weighted by atomic mass is 9.95. The summed E-state index contributed by atoms with van der Waals surface area (Å²) in [6.07, 6.45) is 15.0. The molecule has 5 nitrogen and oxygen atoms in total. The van der Waals surface area contributed by atoms with Crippen LogP contribution >= 0.6 is 0 Å². The monoisotopic (exact) mass is 441 g/mol. The maximum absolute atomic E-state index is 12.2. The fourth-order valence-electron chi connectivity index (χ4n) is 4.01. The molecule has 176 valence electrons. The van der Waals surface area contributed by atoms with Crippen LogP contribution in [0.5, 0.6) is 0 Å². The lowest BCUT2D eigenvalue weighted by molar-refractivity contribution is -0.140. The summed E-state index contributed by atoms with van der Waals surface area (Å²) in [4.78, 5) is 25.2. The van der Waals surface area contributed by atoms with Gasteiger partial charge in [-0.25, -0.2) is 0 Å². The average molecular weight is 442 g/mol. The summed E-state index contributed by atoms with van der Waals surface area (Å²) >= 11 is 0. The highest BCUT2D eigenvalue weighted by atomic mass is 16.5. The topological polar surface area (TPSA) is 66.8 Å². The number of ether oxygens (including phenoxy) is 1. The zero-order valence-electron chi connectivity index (χ0n) is 19.6. The van der Waals surface area contributed by atoms with Crippen LogP contribution in [0, 0.1) is 5.92 Å². The first kappa shape index (κ1) is 25.9. The van der Waals surface area contributed by atoms with Crippen molar-refractivity contribution in [1.82, 2.24) is 4.90 Å². The van der Waals surface area contributed by atoms with Gasteiger partial charge in [0.25, 0.3) is 0 Å². The van der Waals surface area contributed by atoms with Gasteiger partial charge in [-0.2, -0.15) is 0 Å². The highest BCUT2D eigenvalue weighted by molar-refractivity contribution is 5.79. The van der Waals surface area contributed by atoms with Crippen molar-refractivity contribution in [3.63, 3.8) is 0 Å². The van der Waals surface area contributed by atoms with Gasteiger partial charge >= 0.3 is 5.97 Å². The van der Waals surface area contributed by atoms with Crippen molar-refractivity contribution >= 4 is 11.9 Å². The van der Waals surface area contributed by atoms with Crippen LogP contribution in [0.1, 0.15) is 63.9 Å². The first-order chi connectivity index (χ1) is 15.5. The van der Waals surface area contributed by atoms with E-state index in [-0.39, 0.29) is 23.8 Å². The van der Waals surface area contributed by atoms with Crippen LogP contribution in [0.4, 0.5) is 0 Å². The largest absolute Gasteiger partial charge is 0.469 e. The maximum atomic E-state index is 12.2. The molecule has 0 spiro atoms. The minimum Gasteiger partial charge on any atom is -0.469 e. The Morgan fingerprint density at radius 2 is 2.00 bits per heavy atom. The minimum atomic E-state index is -0.488. The van der Waals surface area contributed by atoms with Crippen molar-refractivity contribution in [2.24, 2.45) is 5.92 Å². The normalized spacial score (nSPS) is 18.5. The number of aliphatic hydroxyl groups is 1. The average Bonchev–Trinajstić information content (AvgIpc) is 3.16. The summed E-state index contributed by atoms with van der Waals surface area (Å²) in [6, 6.07) is 10.6. The number of hydrogen-bond donors (Lipinski definition) is 1. The molecule has 1 aliphatic heterocycles. The van der Waals surface area contributed by atoms with E-state index in [4.69, 9.17) is 0 Å². The number of unbranched alkanes of at least 4 members (excludes halogenated alkanes) is 2. The second-order valence-corrected chi connectivity index (χ2v) is 8.68. The van der Waals surface area contributed by atoms with Crippen LogP contribution in [0.3, 0.4) is 0 Å². The van der Waals surface area contributed by atoms with Gasteiger partial charge < -0.3 is 14.7 Å². The SMILES string of the molecule is COC(=O)CCCC=CCN1C(=O)CC[C@@H]1C=C[C@@H](O)[C@@H](C)CCCCc1ccccc1. The Bertz CT molecular complexity index is 743. The molecule has 1 N–H and O–H groups in total. The molecule has 0 unspecified atom stereocenters. The van der Waals surface area contributed by atoms with Crippen LogP contribution in [0.15, 0.2) is 54.6 Å². The third kappa shape index (κ3) is 9.39. The number of nitrogens with zero attached hydrogens (tertiary/aromatic N) is 1. The number of likely N-dealkylation sites (tertiary alicyclic amines) is 1. The Morgan fingerprint density at radius 1 is 1.22 bits per heavy atom. The summed E-state index contributed by atoms with van der Waals surface area (Å²) in [5.74, 6) is 0.159. The standard InChI is InChI=1S/C27H39NO4/c1-22(12-9-10-15-23-13-6-5-7-14-23)25(29)19-17-24-18-20-26(30)28(24)21-11-4-3-8-16-27(31)32-2/h4-7,11,13-14,17,19,22,24-25,29H,3,8-10,12,15-16,18,20-21H2,1-2H3/t22-,24-,25+/m0/s1. The molecule has 1 aliphatic rings. The Labute approximate surface area is 193 Å². The first-order valence-corrected chi connectivity index (χ1v) is 11.9. The van der Waals surface area contributed by atoms with Gasteiger partial charge in [0.05, 0.1) is 19.3 Å². The second-order valence-electron chi connectivity index (χ2n) is 8.68. The van der Waals surface area contributed by atoms with E-state index in [0.29, 0.717) is 19.4 Å². The third-order valence-corrected chi connectivity index (χ3v) is 6.15. The molecule has 3 atom stereocenters. The van der Waals surface area contributed by atoms with E-state index in [1.165, 1.54) is 12.7 Å². The molecule has 1 aromatic carbocycles. The lowest BCUT2D eigenvalue weighted by Gasteiger charge is -2.22. The summed E-state index contributed by atoms with van der Waals surface area (Å²) in [6.45, 7) is 2.66. The number of aliphatic hydroxyl groups excluding tert-OH is 1. The van der Waals surface area contributed by atoms with E-state index in [0.717, 1.165) is 44.9 Å². The fourth-order valence-corrected chi connectivity index (χ4v) is 4.01. The Hall–Kier alpha value is -2.40. The van der Waals surface area contributed by atoms with E-state index in [9.17, 15) is 14.7 Å². The Morgan fingerprint density at radius 3 is 2.75 bits per heavy atom. The van der Waals surface area contributed by atoms with Gasteiger partial charge in [0, 0.05) is 19.4 Å². The van der Waals surface area contributed by atoms with Crippen molar-refractivity contribution in [3.8, 4) is 0 Å². The summed E-state index contributed by atoms with van der Waals surface area (Å²) in [5, 5.41) is 10.5. The number of aryl methyl sites for hydroxylation is 1. The molecule has 2 rings (SSSR count). The van der Waals surface area contributed by atoms with Crippen LogP contribution in [0.2, 0.25) is 0 Å². The van der Waals surface area contributed by atoms with E-state index in [2.05, 4.69) is 35.9 Å². The number of rotatable bonds is 14. The highest BCUT2D eigenvalue weighted by Crippen LogP contribution is 2.21. The first-order valence-electron chi connectivity index (χ1n) is 11.9. The quantitative estimate of drug-likeness (QED) is 0.255. The van der Waals surface area contributed by atoms with Gasteiger partial charge in [-0.15, -0.1) is 0 Å². The van der Waals surface area contributed by atoms with Gasteiger partial charge in [-0.1, -0.05) is 68.0 Å². The van der Waals surface area contributed by atoms with E-state index >= 15 is 0 Å². The van der Waals surface area contributed by atoms with Crippen molar-refractivity contribution in [1.29, 1.82) is 0 Å². The van der Waals surface area contributed by atoms with Crippen molar-refractivity contribution < 1.29 is 19.4 Å². The van der Waals surface area contributed by atoms with Crippen molar-refractivity contribution in [2.45, 2.75) is 76.9 Å². The number of carbonyl (C=O) groups excluding carboxylic acids is 2. The molecule has 1 amide bonds. The molecular formula is C27H39NO4. The summed E-state index contributed by atoms with van der Waals surface area (Å²) in [5.41, 5.74) is 1.36. The molecule has 32 heavy (non-hydrogen) atoms. The van der Waals surface area contributed by atoms with E-state index in [1.54, 1.807) is 0 Å². The highest BCUT2D eigenvalue weighted by Gasteiger charge is 2.28. The summed E-state index contributed by atoms with van der Waals surface area (Å²) < 4.78 is 4.63. The molecule has 0 bridgehead atoms. The molecule has 1 aromatic rings. The Kier molecular flexibility index (Phi) is 11.8. The molecule has 0 radical (unpaired) electrons. The fraction of sp³-hybridized carbons (Fsp3) is 0.556. The smallest absolute Gasteiger partial charge is 0.305 e. The molecular weight excluding hydrogens is 402 g/mol. The number of allylic oxidation sites excluding steroid dienone is 1. The third-order valence-electron chi connectivity index (χ3n) is 6.15. The Balaban J connectivity index is 1.69. The van der Waals surface area contributed by atoms with Gasteiger partial charge in [0.15, 0.2) is 0 Å². The van der Waals surface area contributed by atoms with Crippen LogP contribution in [0.25, 0.3) is 0 Å². The van der Waals surface area contributed by atoms with Gasteiger partial charge in [0.1, 0.15) is 0 Å². The molecule has 1 fully saturated rings. The van der Waals surface area contributed by atoms with Crippen LogP contribution in [-0.4, -0.2) is 47.7 Å². The molecule has 0 aromatic heterocycles. The van der Waals surface area contributed by atoms with Gasteiger partial charge in [-0.05, 0) is 50.0 Å². The predicted molar refractivity (Wildman–Crippen MR) is 128 cm³/mol. The zero-order valence-corrected chi connectivity index (χ0v) is 19.6. The molecule has 1 heterocycles. The van der Waals surface area contributed by atoms with Crippen LogP contribution < -0.4 is 0 Å². The predicted octanol–water partition coefficient (Wildman–Crippen LogP) is 4.84. The number of amides is 1. The molecule has 0 saturated carbocycles. The maximum Gasteiger partial charge on any atom is 0.305 e. The number of hydrogen-bond acceptors (Lipinski definition) is 4. The molecule has 5 heteroatoms. The summed E-state index contributed by atoms with van der Waals surface area (Å²) in [7, 11) is 1.40. The number of methoxy groups -OCH3 is 1. The van der Waals surface area contributed by atoms with Gasteiger partial charge in [0.2, 0.25) is 5.91 Å². The zero-order chi connectivity index (χ0) is 23.2. The second kappa shape index (κ2) is 14.6. The van der Waals surface area contributed by atoms with Crippen LogP contribution in [-0.2, 0) is 20.7 Å².